The van der Waals surface area contributed by atoms with E-state index >= 15 is 0 Å². The Labute approximate surface area is 99.3 Å². The Balaban J connectivity index is 3.15. The van der Waals surface area contributed by atoms with Crippen molar-refractivity contribution in [3.05, 3.63) is 29.3 Å². The summed E-state index contributed by atoms with van der Waals surface area (Å²) in [6, 6.07) is 1.91. The van der Waals surface area contributed by atoms with Gasteiger partial charge in [0.05, 0.1) is 12.7 Å². The van der Waals surface area contributed by atoms with Gasteiger partial charge in [-0.2, -0.15) is 0 Å². The van der Waals surface area contributed by atoms with Crippen LogP contribution in [0.3, 0.4) is 0 Å². The molecule has 1 aromatic rings. The lowest BCUT2D eigenvalue weighted by Gasteiger charge is -2.20. The number of hydrogen-bond acceptors (Lipinski definition) is 3. The van der Waals surface area contributed by atoms with Crippen LogP contribution in [0, 0.1) is 11.6 Å². The maximum atomic E-state index is 13.5. The van der Waals surface area contributed by atoms with Gasteiger partial charge in [0.2, 0.25) is 0 Å². The molecule has 0 aromatic heterocycles. The largest absolute Gasteiger partial charge is 0.493 e. The highest BCUT2D eigenvalue weighted by molar-refractivity contribution is 5.36. The quantitative estimate of drug-likeness (QED) is 0.722. The van der Waals surface area contributed by atoms with Crippen molar-refractivity contribution in [1.82, 2.24) is 0 Å². The highest BCUT2D eigenvalue weighted by Crippen LogP contribution is 2.31. The summed E-state index contributed by atoms with van der Waals surface area (Å²) in [5, 5.41) is 0. The molecule has 0 aliphatic heterocycles. The zero-order valence-electron chi connectivity index (χ0n) is 10.1. The normalized spacial score (nSPS) is 10.9. The maximum Gasteiger partial charge on any atom is 0.187 e. The van der Waals surface area contributed by atoms with Crippen molar-refractivity contribution in [2.24, 2.45) is 0 Å². The van der Waals surface area contributed by atoms with E-state index in [9.17, 15) is 8.78 Å². The van der Waals surface area contributed by atoms with Crippen LogP contribution in [-0.4, -0.2) is 20.3 Å². The molecule has 0 fully saturated rings. The van der Waals surface area contributed by atoms with E-state index < -0.39 is 17.9 Å². The number of hydrogen-bond donors (Lipinski definition) is 0. The smallest absolute Gasteiger partial charge is 0.187 e. The fourth-order valence-corrected chi connectivity index (χ4v) is 1.50. The lowest BCUT2D eigenvalue weighted by atomic mass is 10.1. The van der Waals surface area contributed by atoms with E-state index in [1.54, 1.807) is 13.8 Å². The second kappa shape index (κ2) is 6.51. The zero-order valence-corrected chi connectivity index (χ0v) is 10.1. The molecule has 0 radical (unpaired) electrons. The minimum absolute atomic E-state index is 0.0571. The van der Waals surface area contributed by atoms with E-state index in [1.165, 1.54) is 7.11 Å². The fourth-order valence-electron chi connectivity index (χ4n) is 1.50. The van der Waals surface area contributed by atoms with E-state index in [1.807, 2.05) is 0 Å². The van der Waals surface area contributed by atoms with Crippen LogP contribution in [0.1, 0.15) is 25.7 Å². The third kappa shape index (κ3) is 3.38. The number of rotatable bonds is 6. The number of halogens is 2. The Morgan fingerprint density at radius 3 is 2.18 bits per heavy atom. The van der Waals surface area contributed by atoms with Crippen LogP contribution in [0.5, 0.6) is 5.75 Å². The van der Waals surface area contributed by atoms with Crippen LogP contribution < -0.4 is 4.74 Å². The van der Waals surface area contributed by atoms with Crippen molar-refractivity contribution in [3.8, 4) is 5.75 Å². The lowest BCUT2D eigenvalue weighted by molar-refractivity contribution is -0.141. The third-order valence-corrected chi connectivity index (χ3v) is 2.13. The van der Waals surface area contributed by atoms with E-state index in [2.05, 4.69) is 0 Å². The van der Waals surface area contributed by atoms with Gasteiger partial charge < -0.3 is 14.2 Å². The SMILES string of the molecule is CCOC(OCC)c1cc(F)cc(F)c1OC. The van der Waals surface area contributed by atoms with E-state index in [-0.39, 0.29) is 11.3 Å². The summed E-state index contributed by atoms with van der Waals surface area (Å²) in [5.41, 5.74) is 0.216. The first kappa shape index (κ1) is 13.9. The molecule has 0 amide bonds. The topological polar surface area (TPSA) is 27.7 Å². The molecule has 0 N–H and O–H groups in total. The van der Waals surface area contributed by atoms with Crippen molar-refractivity contribution in [1.29, 1.82) is 0 Å². The summed E-state index contributed by atoms with van der Waals surface area (Å²) < 4.78 is 42.1. The molecule has 3 nitrogen and oxygen atoms in total. The Hall–Kier alpha value is -1.20. The average molecular weight is 246 g/mol. The molecule has 0 aliphatic rings. The van der Waals surface area contributed by atoms with Gasteiger partial charge in [0.25, 0.3) is 0 Å². The molecule has 5 heteroatoms. The second-order valence-electron chi connectivity index (χ2n) is 3.25. The van der Waals surface area contributed by atoms with Gasteiger partial charge >= 0.3 is 0 Å². The highest BCUT2D eigenvalue weighted by atomic mass is 19.1. The van der Waals surface area contributed by atoms with Crippen LogP contribution in [0.2, 0.25) is 0 Å². The van der Waals surface area contributed by atoms with E-state index in [0.29, 0.717) is 13.2 Å². The first-order chi connectivity index (χ1) is 8.13. The summed E-state index contributed by atoms with van der Waals surface area (Å²) in [6.45, 7) is 4.28. The first-order valence-corrected chi connectivity index (χ1v) is 5.40. The Kier molecular flexibility index (Phi) is 5.31. The van der Waals surface area contributed by atoms with Crippen molar-refractivity contribution in [3.63, 3.8) is 0 Å². The molecule has 0 spiro atoms. The zero-order chi connectivity index (χ0) is 12.8. The van der Waals surface area contributed by atoms with Crippen molar-refractivity contribution in [2.75, 3.05) is 20.3 Å². The molecule has 17 heavy (non-hydrogen) atoms. The molecule has 0 heterocycles. The minimum Gasteiger partial charge on any atom is -0.493 e. The van der Waals surface area contributed by atoms with Gasteiger partial charge in [-0.15, -0.1) is 0 Å². The van der Waals surface area contributed by atoms with Crippen LogP contribution in [0.4, 0.5) is 8.78 Å². The fraction of sp³-hybridized carbons (Fsp3) is 0.500. The van der Waals surface area contributed by atoms with Crippen LogP contribution in [0.15, 0.2) is 12.1 Å². The summed E-state index contributed by atoms with van der Waals surface area (Å²) in [5.74, 6) is -1.52. The van der Waals surface area contributed by atoms with E-state index in [4.69, 9.17) is 14.2 Å². The van der Waals surface area contributed by atoms with Crippen molar-refractivity contribution >= 4 is 0 Å². The summed E-state index contributed by atoms with van der Waals surface area (Å²) in [4.78, 5) is 0. The molecule has 0 aliphatic carbocycles. The number of methoxy groups -OCH3 is 1. The van der Waals surface area contributed by atoms with Crippen LogP contribution >= 0.6 is 0 Å². The molecular weight excluding hydrogens is 230 g/mol. The van der Waals surface area contributed by atoms with Crippen molar-refractivity contribution < 1.29 is 23.0 Å². The number of benzene rings is 1. The van der Waals surface area contributed by atoms with Gasteiger partial charge in [-0.25, -0.2) is 8.78 Å². The third-order valence-electron chi connectivity index (χ3n) is 2.13. The molecule has 96 valence electrons. The van der Waals surface area contributed by atoms with Crippen LogP contribution in [-0.2, 0) is 9.47 Å². The predicted octanol–water partition coefficient (Wildman–Crippen LogP) is 3.05. The van der Waals surface area contributed by atoms with Gasteiger partial charge in [-0.1, -0.05) is 0 Å². The summed E-state index contributed by atoms with van der Waals surface area (Å²) >= 11 is 0. The summed E-state index contributed by atoms with van der Waals surface area (Å²) in [6.07, 6.45) is -0.829. The summed E-state index contributed by atoms with van der Waals surface area (Å²) in [7, 11) is 1.31. The van der Waals surface area contributed by atoms with Gasteiger partial charge in [0.1, 0.15) is 5.82 Å². The van der Waals surface area contributed by atoms with Gasteiger partial charge in [0.15, 0.2) is 17.9 Å². The van der Waals surface area contributed by atoms with Gasteiger partial charge in [-0.3, -0.25) is 0 Å². The van der Waals surface area contributed by atoms with Gasteiger partial charge in [-0.05, 0) is 19.9 Å². The average Bonchev–Trinajstić information content (AvgIpc) is 2.28. The van der Waals surface area contributed by atoms with Crippen LogP contribution in [0.25, 0.3) is 0 Å². The monoisotopic (exact) mass is 246 g/mol. The molecule has 0 saturated heterocycles. The maximum absolute atomic E-state index is 13.5. The molecule has 0 unspecified atom stereocenters. The molecular formula is C12H16F2O3. The molecule has 1 rings (SSSR count). The molecule has 0 atom stereocenters. The van der Waals surface area contributed by atoms with Crippen molar-refractivity contribution in [2.45, 2.75) is 20.1 Å². The number of ether oxygens (including phenoxy) is 3. The van der Waals surface area contributed by atoms with E-state index in [0.717, 1.165) is 12.1 Å². The molecule has 1 aromatic carbocycles. The Morgan fingerprint density at radius 2 is 1.71 bits per heavy atom. The lowest BCUT2D eigenvalue weighted by Crippen LogP contribution is -2.11. The minimum atomic E-state index is -0.829. The molecule has 0 saturated carbocycles. The Bertz CT molecular complexity index is 363. The Morgan fingerprint density at radius 1 is 1.12 bits per heavy atom. The highest BCUT2D eigenvalue weighted by Gasteiger charge is 2.21. The standard InChI is InChI=1S/C12H16F2O3/c1-4-16-12(17-5-2)9-6-8(13)7-10(14)11(9)15-3/h6-7,12H,4-5H2,1-3H3. The molecule has 0 bridgehead atoms. The van der Waals surface area contributed by atoms with Gasteiger partial charge in [0, 0.05) is 19.3 Å². The second-order valence-corrected chi connectivity index (χ2v) is 3.25. The predicted molar refractivity (Wildman–Crippen MR) is 58.9 cm³/mol. The first-order valence-electron chi connectivity index (χ1n) is 5.40.